The Kier molecular flexibility index (Phi) is 55.4. The molecule has 0 saturated carbocycles. The Hall–Kier alpha value is -3.18. The summed E-state index contributed by atoms with van der Waals surface area (Å²) >= 11 is 0. The molecule has 1 atom stereocenters. The first-order chi connectivity index (χ1) is 33.6. The van der Waals surface area contributed by atoms with Gasteiger partial charge in [-0.2, -0.15) is 0 Å². The van der Waals surface area contributed by atoms with E-state index in [9.17, 15) is 9.59 Å². The van der Waals surface area contributed by atoms with E-state index in [2.05, 4.69) is 112 Å². The third-order valence-corrected chi connectivity index (χ3v) is 12.1. The van der Waals surface area contributed by atoms with Crippen LogP contribution >= 0.6 is 0 Å². The smallest absolute Gasteiger partial charge is 0.306 e. The van der Waals surface area contributed by atoms with Gasteiger partial charge < -0.3 is 14.2 Å². The summed E-state index contributed by atoms with van der Waals surface area (Å²) in [5.74, 6) is -0.498. The molecular formula is C63H108O5. The highest BCUT2D eigenvalue weighted by Crippen LogP contribution is 2.15. The van der Waals surface area contributed by atoms with Gasteiger partial charge in [0.15, 0.2) is 6.10 Å². The molecule has 0 aromatic carbocycles. The monoisotopic (exact) mass is 945 g/mol. The molecule has 0 aromatic rings. The van der Waals surface area contributed by atoms with E-state index < -0.39 is 6.10 Å². The number of carbonyl (C=O) groups is 2. The fraction of sp³-hybridized carbons (Fsp3) is 0.714. The van der Waals surface area contributed by atoms with Gasteiger partial charge in [0.25, 0.3) is 0 Å². The molecule has 0 bridgehead atoms. The number of unbranched alkanes of at least 4 members (excludes halogenated alkanes) is 25. The molecule has 0 amide bonds. The van der Waals surface area contributed by atoms with Crippen LogP contribution in [0.4, 0.5) is 0 Å². The average molecular weight is 946 g/mol. The number of rotatable bonds is 52. The van der Waals surface area contributed by atoms with Crippen LogP contribution in [0.2, 0.25) is 0 Å². The lowest BCUT2D eigenvalue weighted by Gasteiger charge is -2.18. The lowest BCUT2D eigenvalue weighted by Crippen LogP contribution is -2.30. The molecule has 0 aliphatic rings. The molecule has 0 saturated heterocycles. The highest BCUT2D eigenvalue weighted by Gasteiger charge is 2.17. The molecule has 0 aromatic heterocycles. The maximum atomic E-state index is 12.8. The molecule has 390 valence electrons. The van der Waals surface area contributed by atoms with Crippen LogP contribution in [0.25, 0.3) is 0 Å². The molecule has 5 heteroatoms. The van der Waals surface area contributed by atoms with E-state index in [1.165, 1.54) is 148 Å². The lowest BCUT2D eigenvalue weighted by atomic mass is 10.0. The molecule has 0 aliphatic carbocycles. The molecule has 68 heavy (non-hydrogen) atoms. The Morgan fingerprint density at radius 1 is 0.338 bits per heavy atom. The quantitative estimate of drug-likeness (QED) is 0.0345. The highest BCUT2D eigenvalue weighted by molar-refractivity contribution is 5.70. The molecular weight excluding hydrogens is 837 g/mol. The van der Waals surface area contributed by atoms with Crippen molar-refractivity contribution in [3.63, 3.8) is 0 Å². The predicted octanol–water partition coefficient (Wildman–Crippen LogP) is 19.8. The number of hydrogen-bond donors (Lipinski definition) is 0. The van der Waals surface area contributed by atoms with Crippen molar-refractivity contribution in [2.24, 2.45) is 0 Å². The zero-order valence-corrected chi connectivity index (χ0v) is 44.8. The highest BCUT2D eigenvalue weighted by atomic mass is 16.6. The summed E-state index contributed by atoms with van der Waals surface area (Å²) in [6, 6.07) is 0. The van der Waals surface area contributed by atoms with Crippen molar-refractivity contribution in [2.75, 3.05) is 19.8 Å². The largest absolute Gasteiger partial charge is 0.462 e. The van der Waals surface area contributed by atoms with Gasteiger partial charge in [-0.05, 0) is 89.9 Å². The van der Waals surface area contributed by atoms with E-state index in [0.717, 1.165) is 77.0 Å². The van der Waals surface area contributed by atoms with E-state index in [1.54, 1.807) is 0 Å². The predicted molar refractivity (Wildman–Crippen MR) is 297 cm³/mol. The number of hydrogen-bond acceptors (Lipinski definition) is 5. The summed E-state index contributed by atoms with van der Waals surface area (Å²) in [6.07, 6.45) is 78.6. The molecule has 0 fully saturated rings. The Morgan fingerprint density at radius 3 is 1.15 bits per heavy atom. The second kappa shape index (κ2) is 58.1. The van der Waals surface area contributed by atoms with E-state index in [4.69, 9.17) is 14.2 Å². The van der Waals surface area contributed by atoms with E-state index in [0.29, 0.717) is 25.9 Å². The number of ether oxygens (including phenoxy) is 3. The number of allylic oxidation sites excluding steroid dienone is 16. The summed E-state index contributed by atoms with van der Waals surface area (Å²) in [4.78, 5) is 25.5. The fourth-order valence-electron chi connectivity index (χ4n) is 7.86. The van der Waals surface area contributed by atoms with E-state index in [1.807, 2.05) is 6.08 Å². The minimum Gasteiger partial charge on any atom is -0.462 e. The topological polar surface area (TPSA) is 61.8 Å². The molecule has 0 aliphatic heterocycles. The minimum absolute atomic E-state index is 0.0487. The van der Waals surface area contributed by atoms with Gasteiger partial charge in [0, 0.05) is 19.4 Å². The fourth-order valence-corrected chi connectivity index (χ4v) is 7.86. The Morgan fingerprint density at radius 2 is 0.691 bits per heavy atom. The van der Waals surface area contributed by atoms with Gasteiger partial charge in [-0.1, -0.05) is 259 Å². The minimum atomic E-state index is -0.584. The summed E-state index contributed by atoms with van der Waals surface area (Å²) in [6.45, 7) is 7.63. The molecule has 0 rings (SSSR count). The van der Waals surface area contributed by atoms with Crippen LogP contribution in [0.1, 0.15) is 265 Å². The van der Waals surface area contributed by atoms with Crippen molar-refractivity contribution in [1.82, 2.24) is 0 Å². The second-order valence-corrected chi connectivity index (χ2v) is 18.8. The van der Waals surface area contributed by atoms with Crippen molar-refractivity contribution in [2.45, 2.75) is 271 Å². The number of carbonyl (C=O) groups excluding carboxylic acids is 2. The maximum absolute atomic E-state index is 12.8. The van der Waals surface area contributed by atoms with Crippen LogP contribution in [0.15, 0.2) is 97.2 Å². The first-order valence-corrected chi connectivity index (χ1v) is 28.8. The standard InChI is InChI=1S/C63H108O5/c1-4-7-10-13-16-19-22-25-28-31-32-34-36-39-42-45-48-51-54-57-63(65)68-61(59-66-58-55-52-49-46-43-40-37-30-27-24-21-18-15-12-9-6-3)60-67-62(64)56-53-50-47-44-41-38-35-33-29-26-23-20-17-14-11-8-5-2/h7,10,16-17,19-20,25-26,28-29,32,34,39,42,48,51,61H,4-6,8-9,11-15,18,21-24,27,30-31,33,35-38,40-41,43-47,49-50,52-60H2,1-3H3/b10-7-,19-16-,20-17-,28-25-,29-26-,34-32-,42-39-,51-48-/t61-/m1/s1. The van der Waals surface area contributed by atoms with E-state index >= 15 is 0 Å². The zero-order chi connectivity index (χ0) is 49.2. The third kappa shape index (κ3) is 55.4. The molecule has 0 radical (unpaired) electrons. The van der Waals surface area contributed by atoms with Gasteiger partial charge in [0.2, 0.25) is 0 Å². The van der Waals surface area contributed by atoms with Crippen LogP contribution in [-0.2, 0) is 23.8 Å². The van der Waals surface area contributed by atoms with Crippen molar-refractivity contribution < 1.29 is 23.8 Å². The van der Waals surface area contributed by atoms with Gasteiger partial charge in [0.05, 0.1) is 6.61 Å². The van der Waals surface area contributed by atoms with Gasteiger partial charge >= 0.3 is 11.9 Å². The van der Waals surface area contributed by atoms with Crippen LogP contribution in [-0.4, -0.2) is 37.9 Å². The van der Waals surface area contributed by atoms with Crippen molar-refractivity contribution in [3.8, 4) is 0 Å². The van der Waals surface area contributed by atoms with Crippen LogP contribution < -0.4 is 0 Å². The van der Waals surface area contributed by atoms with Crippen LogP contribution in [0.5, 0.6) is 0 Å². The van der Waals surface area contributed by atoms with Crippen molar-refractivity contribution in [3.05, 3.63) is 97.2 Å². The van der Waals surface area contributed by atoms with Gasteiger partial charge in [-0.3, -0.25) is 9.59 Å². The lowest BCUT2D eigenvalue weighted by molar-refractivity contribution is -0.162. The molecule has 0 N–H and O–H groups in total. The summed E-state index contributed by atoms with van der Waals surface area (Å²) in [5, 5.41) is 0. The second-order valence-electron chi connectivity index (χ2n) is 18.8. The summed E-state index contributed by atoms with van der Waals surface area (Å²) in [7, 11) is 0. The van der Waals surface area contributed by atoms with Crippen molar-refractivity contribution >= 4 is 11.9 Å². The van der Waals surface area contributed by atoms with E-state index in [-0.39, 0.29) is 25.2 Å². The van der Waals surface area contributed by atoms with Crippen LogP contribution in [0.3, 0.4) is 0 Å². The molecule has 0 spiro atoms. The van der Waals surface area contributed by atoms with Crippen LogP contribution in [0, 0.1) is 0 Å². The van der Waals surface area contributed by atoms with Gasteiger partial charge in [-0.15, -0.1) is 0 Å². The SMILES string of the molecule is CC/C=C\C/C=C\C/C=C\C/C=C\C/C=C\C/C=C\CCC(=O)O[C@H](COCCCCCCCCCCCCCCCCCC)COC(=O)CCCCCCCCC/C=C\C/C=C\CCCCC. The summed E-state index contributed by atoms with van der Waals surface area (Å²) in [5.41, 5.74) is 0. The first kappa shape index (κ1) is 64.8. The number of esters is 2. The van der Waals surface area contributed by atoms with Gasteiger partial charge in [-0.25, -0.2) is 0 Å². The third-order valence-electron chi connectivity index (χ3n) is 12.1. The molecule has 0 unspecified atom stereocenters. The van der Waals surface area contributed by atoms with Gasteiger partial charge in [0.1, 0.15) is 6.61 Å². The molecule has 0 heterocycles. The zero-order valence-electron chi connectivity index (χ0n) is 44.8. The normalized spacial score (nSPS) is 12.9. The summed E-state index contributed by atoms with van der Waals surface area (Å²) < 4.78 is 17.4. The van der Waals surface area contributed by atoms with Crippen molar-refractivity contribution in [1.29, 1.82) is 0 Å². The average Bonchev–Trinajstić information content (AvgIpc) is 3.34. The maximum Gasteiger partial charge on any atom is 0.306 e. The Bertz CT molecular complexity index is 1300. The Labute approximate surface area is 422 Å². The Balaban J connectivity index is 4.41. The first-order valence-electron chi connectivity index (χ1n) is 28.8. The molecule has 5 nitrogen and oxygen atoms in total.